The van der Waals surface area contributed by atoms with E-state index in [-0.39, 0.29) is 0 Å². The SMILES string of the molecule is CCCNCCc1cn(CCOCCCOC)cn1. The Hall–Kier alpha value is -0.910. The number of nitrogens with one attached hydrogen (secondary N) is 1. The second-order valence-electron chi connectivity index (χ2n) is 4.56. The van der Waals surface area contributed by atoms with Crippen molar-refractivity contribution in [3.05, 3.63) is 18.2 Å². The first-order valence-electron chi connectivity index (χ1n) is 7.15. The molecule has 0 bridgehead atoms. The summed E-state index contributed by atoms with van der Waals surface area (Å²) < 4.78 is 12.6. The molecule has 1 aromatic rings. The molecule has 0 aliphatic carbocycles. The fourth-order valence-electron chi connectivity index (χ4n) is 1.75. The molecule has 0 aliphatic heterocycles. The Morgan fingerprint density at radius 3 is 2.95 bits per heavy atom. The van der Waals surface area contributed by atoms with Crippen LogP contribution in [0.25, 0.3) is 0 Å². The first kappa shape index (κ1) is 16.1. The van der Waals surface area contributed by atoms with Crippen LogP contribution in [0.15, 0.2) is 12.5 Å². The molecule has 1 aromatic heterocycles. The van der Waals surface area contributed by atoms with E-state index < -0.39 is 0 Å². The van der Waals surface area contributed by atoms with Gasteiger partial charge in [-0.05, 0) is 19.4 Å². The number of rotatable bonds is 12. The summed E-state index contributed by atoms with van der Waals surface area (Å²) >= 11 is 0. The average molecular weight is 269 g/mol. The molecule has 5 heteroatoms. The van der Waals surface area contributed by atoms with Gasteiger partial charge < -0.3 is 19.4 Å². The van der Waals surface area contributed by atoms with Gasteiger partial charge in [0.2, 0.25) is 0 Å². The summed E-state index contributed by atoms with van der Waals surface area (Å²) in [7, 11) is 1.71. The summed E-state index contributed by atoms with van der Waals surface area (Å²) in [4.78, 5) is 4.39. The molecule has 0 unspecified atom stereocenters. The lowest BCUT2D eigenvalue weighted by Crippen LogP contribution is -2.17. The fraction of sp³-hybridized carbons (Fsp3) is 0.786. The first-order valence-corrected chi connectivity index (χ1v) is 7.15. The molecule has 0 amide bonds. The van der Waals surface area contributed by atoms with Gasteiger partial charge in [0.05, 0.1) is 18.6 Å². The number of aromatic nitrogens is 2. The van der Waals surface area contributed by atoms with Gasteiger partial charge in [-0.1, -0.05) is 6.92 Å². The van der Waals surface area contributed by atoms with Gasteiger partial charge in [-0.15, -0.1) is 0 Å². The zero-order valence-corrected chi connectivity index (χ0v) is 12.2. The van der Waals surface area contributed by atoms with Crippen molar-refractivity contribution in [3.8, 4) is 0 Å². The maximum absolute atomic E-state index is 5.52. The van der Waals surface area contributed by atoms with Gasteiger partial charge in [0, 0.05) is 46.0 Å². The molecule has 0 radical (unpaired) electrons. The third kappa shape index (κ3) is 7.97. The first-order chi connectivity index (χ1) is 9.36. The Morgan fingerprint density at radius 1 is 1.26 bits per heavy atom. The van der Waals surface area contributed by atoms with E-state index in [9.17, 15) is 0 Å². The van der Waals surface area contributed by atoms with Crippen molar-refractivity contribution >= 4 is 0 Å². The second kappa shape index (κ2) is 11.0. The highest BCUT2D eigenvalue weighted by Crippen LogP contribution is 1.97. The molecule has 0 fully saturated rings. The molecule has 0 saturated carbocycles. The van der Waals surface area contributed by atoms with Crippen molar-refractivity contribution in [1.29, 1.82) is 0 Å². The van der Waals surface area contributed by atoms with E-state index in [0.717, 1.165) is 58.0 Å². The van der Waals surface area contributed by atoms with Crippen molar-refractivity contribution in [2.75, 3.05) is 40.0 Å². The van der Waals surface area contributed by atoms with Gasteiger partial charge in [-0.3, -0.25) is 0 Å². The molecule has 110 valence electrons. The topological polar surface area (TPSA) is 48.3 Å². The normalized spacial score (nSPS) is 11.1. The molecule has 1 rings (SSSR count). The van der Waals surface area contributed by atoms with E-state index >= 15 is 0 Å². The van der Waals surface area contributed by atoms with Crippen molar-refractivity contribution < 1.29 is 9.47 Å². The number of hydrogen-bond donors (Lipinski definition) is 1. The second-order valence-corrected chi connectivity index (χ2v) is 4.56. The summed E-state index contributed by atoms with van der Waals surface area (Å²) in [6.45, 7) is 7.37. The zero-order chi connectivity index (χ0) is 13.8. The molecular formula is C14H27N3O2. The monoisotopic (exact) mass is 269 g/mol. The quantitative estimate of drug-likeness (QED) is 0.584. The van der Waals surface area contributed by atoms with Gasteiger partial charge >= 0.3 is 0 Å². The highest BCUT2D eigenvalue weighted by atomic mass is 16.5. The van der Waals surface area contributed by atoms with Crippen LogP contribution in [0.3, 0.4) is 0 Å². The van der Waals surface area contributed by atoms with Gasteiger partial charge in [-0.2, -0.15) is 0 Å². The molecule has 0 atom stereocenters. The third-order valence-corrected chi connectivity index (χ3v) is 2.80. The zero-order valence-electron chi connectivity index (χ0n) is 12.2. The Kier molecular flexibility index (Phi) is 9.32. The maximum Gasteiger partial charge on any atom is 0.0950 e. The Labute approximate surface area is 116 Å². The predicted molar refractivity (Wildman–Crippen MR) is 76.4 cm³/mol. The Morgan fingerprint density at radius 2 is 2.16 bits per heavy atom. The van der Waals surface area contributed by atoms with Crippen LogP contribution in [0.5, 0.6) is 0 Å². The van der Waals surface area contributed by atoms with Crippen LogP contribution in [-0.2, 0) is 22.4 Å². The smallest absolute Gasteiger partial charge is 0.0950 e. The average Bonchev–Trinajstić information content (AvgIpc) is 2.87. The predicted octanol–water partition coefficient (Wildman–Crippen LogP) is 1.48. The van der Waals surface area contributed by atoms with E-state index in [2.05, 4.69) is 28.0 Å². The molecule has 19 heavy (non-hydrogen) atoms. The van der Waals surface area contributed by atoms with Gasteiger partial charge in [0.1, 0.15) is 0 Å². The minimum atomic E-state index is 0.730. The lowest BCUT2D eigenvalue weighted by atomic mass is 10.3. The van der Waals surface area contributed by atoms with E-state index in [1.54, 1.807) is 7.11 Å². The van der Waals surface area contributed by atoms with Gasteiger partial charge in [-0.25, -0.2) is 4.98 Å². The van der Waals surface area contributed by atoms with Gasteiger partial charge in [0.15, 0.2) is 0 Å². The van der Waals surface area contributed by atoms with E-state index in [4.69, 9.17) is 9.47 Å². The van der Waals surface area contributed by atoms with Crippen molar-refractivity contribution in [2.45, 2.75) is 32.7 Å². The number of hydrogen-bond acceptors (Lipinski definition) is 4. The third-order valence-electron chi connectivity index (χ3n) is 2.80. The minimum absolute atomic E-state index is 0.730. The van der Waals surface area contributed by atoms with Crippen LogP contribution < -0.4 is 5.32 Å². The van der Waals surface area contributed by atoms with E-state index in [1.807, 2.05) is 6.33 Å². The highest BCUT2D eigenvalue weighted by molar-refractivity contribution is 4.97. The molecular weight excluding hydrogens is 242 g/mol. The molecule has 1 N–H and O–H groups in total. The number of ether oxygens (including phenoxy) is 2. The van der Waals surface area contributed by atoms with Crippen LogP contribution in [0.1, 0.15) is 25.5 Å². The van der Waals surface area contributed by atoms with Crippen LogP contribution in [-0.4, -0.2) is 49.6 Å². The van der Waals surface area contributed by atoms with Crippen LogP contribution in [0, 0.1) is 0 Å². The van der Waals surface area contributed by atoms with E-state index in [0.29, 0.717) is 0 Å². The summed E-state index contributed by atoms with van der Waals surface area (Å²) in [6, 6.07) is 0. The number of imidazole rings is 1. The highest BCUT2D eigenvalue weighted by Gasteiger charge is 1.98. The molecule has 0 aliphatic rings. The lowest BCUT2D eigenvalue weighted by Gasteiger charge is -2.04. The van der Waals surface area contributed by atoms with Crippen LogP contribution in [0.4, 0.5) is 0 Å². The summed E-state index contributed by atoms with van der Waals surface area (Å²) in [5, 5.41) is 3.38. The Bertz CT molecular complexity index is 315. The molecule has 0 saturated heterocycles. The fourth-order valence-corrected chi connectivity index (χ4v) is 1.75. The van der Waals surface area contributed by atoms with Crippen LogP contribution >= 0.6 is 0 Å². The van der Waals surface area contributed by atoms with Crippen molar-refractivity contribution in [2.24, 2.45) is 0 Å². The molecule has 1 heterocycles. The standard InChI is InChI=1S/C14H27N3O2/c1-3-6-15-7-5-14-12-17(13-16-14)8-11-19-10-4-9-18-2/h12-13,15H,3-11H2,1-2H3. The summed E-state index contributed by atoms with van der Waals surface area (Å²) in [6.07, 6.45) is 7.10. The molecule has 5 nitrogen and oxygen atoms in total. The minimum Gasteiger partial charge on any atom is -0.385 e. The largest absolute Gasteiger partial charge is 0.385 e. The maximum atomic E-state index is 5.52. The van der Waals surface area contributed by atoms with E-state index in [1.165, 1.54) is 6.42 Å². The molecule has 0 aromatic carbocycles. The Balaban J connectivity index is 2.06. The molecule has 0 spiro atoms. The van der Waals surface area contributed by atoms with Crippen molar-refractivity contribution in [1.82, 2.24) is 14.9 Å². The van der Waals surface area contributed by atoms with Gasteiger partial charge in [0.25, 0.3) is 0 Å². The number of nitrogens with zero attached hydrogens (tertiary/aromatic N) is 2. The van der Waals surface area contributed by atoms with Crippen molar-refractivity contribution in [3.63, 3.8) is 0 Å². The summed E-state index contributed by atoms with van der Waals surface area (Å²) in [5.41, 5.74) is 1.14. The number of methoxy groups -OCH3 is 1. The lowest BCUT2D eigenvalue weighted by molar-refractivity contribution is 0.0976. The van der Waals surface area contributed by atoms with Crippen LogP contribution in [0.2, 0.25) is 0 Å². The summed E-state index contributed by atoms with van der Waals surface area (Å²) in [5.74, 6) is 0.